The molecule has 0 aliphatic heterocycles. The average molecular weight is 159 g/mol. The summed E-state index contributed by atoms with van der Waals surface area (Å²) in [5.74, 6) is 0. The van der Waals surface area contributed by atoms with Gasteiger partial charge in [-0.3, -0.25) is 0 Å². The van der Waals surface area contributed by atoms with Gasteiger partial charge in [-0.1, -0.05) is 11.3 Å². The zero-order chi connectivity index (χ0) is 7.40. The Morgan fingerprint density at radius 1 is 1.40 bits per heavy atom. The third-order valence-electron chi connectivity index (χ3n) is 1.00. The van der Waals surface area contributed by atoms with E-state index in [9.17, 15) is 0 Å². The fraction of sp³-hybridized carbons (Fsp3) is 0.600. The second-order valence-electron chi connectivity index (χ2n) is 1.79. The van der Waals surface area contributed by atoms with Crippen molar-refractivity contribution in [1.82, 2.24) is 10.2 Å². The van der Waals surface area contributed by atoms with Gasteiger partial charge in [0.1, 0.15) is 10.0 Å². The van der Waals surface area contributed by atoms with Gasteiger partial charge in [0.05, 0.1) is 6.61 Å². The molecule has 5 heteroatoms. The van der Waals surface area contributed by atoms with Crippen LogP contribution in [0.3, 0.4) is 0 Å². The maximum absolute atomic E-state index is 8.60. The van der Waals surface area contributed by atoms with Crippen molar-refractivity contribution in [2.45, 2.75) is 13.0 Å². The first kappa shape index (κ1) is 7.59. The highest BCUT2D eigenvalue weighted by Crippen LogP contribution is 2.08. The van der Waals surface area contributed by atoms with Gasteiger partial charge in [0, 0.05) is 6.42 Å². The molecule has 0 atom stereocenters. The van der Waals surface area contributed by atoms with Gasteiger partial charge in [-0.15, -0.1) is 10.2 Å². The smallest absolute Gasteiger partial charge is 0.143 e. The summed E-state index contributed by atoms with van der Waals surface area (Å²) in [5.41, 5.74) is 5.29. The molecule has 3 N–H and O–H groups in total. The van der Waals surface area contributed by atoms with Crippen molar-refractivity contribution in [3.8, 4) is 0 Å². The molecule has 0 radical (unpaired) electrons. The lowest BCUT2D eigenvalue weighted by atomic mass is 10.5. The van der Waals surface area contributed by atoms with Crippen LogP contribution in [0.4, 0.5) is 0 Å². The van der Waals surface area contributed by atoms with E-state index in [2.05, 4.69) is 10.2 Å². The van der Waals surface area contributed by atoms with Gasteiger partial charge in [0.15, 0.2) is 0 Å². The molecule has 1 aromatic heterocycles. The highest BCUT2D eigenvalue weighted by Gasteiger charge is 2.00. The van der Waals surface area contributed by atoms with Gasteiger partial charge in [0.25, 0.3) is 0 Å². The van der Waals surface area contributed by atoms with E-state index in [4.69, 9.17) is 10.8 Å². The van der Waals surface area contributed by atoms with E-state index in [1.807, 2.05) is 0 Å². The molecule has 1 aromatic rings. The topological polar surface area (TPSA) is 72.0 Å². The van der Waals surface area contributed by atoms with Crippen LogP contribution in [0.1, 0.15) is 10.0 Å². The Hall–Kier alpha value is -0.520. The molecule has 0 aliphatic carbocycles. The minimum absolute atomic E-state index is 0.0256. The van der Waals surface area contributed by atoms with Crippen molar-refractivity contribution in [2.75, 3.05) is 6.54 Å². The summed E-state index contributed by atoms with van der Waals surface area (Å²) in [6, 6.07) is 0. The van der Waals surface area contributed by atoms with E-state index in [1.165, 1.54) is 11.3 Å². The molecule has 56 valence electrons. The first-order valence-corrected chi connectivity index (χ1v) is 3.80. The molecular formula is C5H9N3OS. The maximum atomic E-state index is 8.60. The Bertz CT molecular complexity index is 201. The highest BCUT2D eigenvalue weighted by molar-refractivity contribution is 7.11. The van der Waals surface area contributed by atoms with E-state index in [0.717, 1.165) is 11.4 Å². The maximum Gasteiger partial charge on any atom is 0.143 e. The molecule has 0 amide bonds. The van der Waals surface area contributed by atoms with Crippen LogP contribution in [0.15, 0.2) is 0 Å². The highest BCUT2D eigenvalue weighted by atomic mass is 32.1. The molecule has 1 heterocycles. The third-order valence-corrected chi connectivity index (χ3v) is 1.97. The molecule has 0 bridgehead atoms. The summed E-state index contributed by atoms with van der Waals surface area (Å²) in [6.45, 7) is 0.558. The van der Waals surface area contributed by atoms with E-state index >= 15 is 0 Å². The Morgan fingerprint density at radius 3 is 2.60 bits per heavy atom. The first-order chi connectivity index (χ1) is 4.86. The van der Waals surface area contributed by atoms with Gasteiger partial charge in [-0.2, -0.15) is 0 Å². The summed E-state index contributed by atoms with van der Waals surface area (Å²) < 4.78 is 0. The van der Waals surface area contributed by atoms with Crippen LogP contribution >= 0.6 is 11.3 Å². The fourth-order valence-corrected chi connectivity index (χ4v) is 1.30. The second kappa shape index (κ2) is 3.60. The summed E-state index contributed by atoms with van der Waals surface area (Å²) in [6.07, 6.45) is 0.748. The van der Waals surface area contributed by atoms with Crippen LogP contribution < -0.4 is 5.73 Å². The van der Waals surface area contributed by atoms with Gasteiger partial charge < -0.3 is 10.8 Å². The van der Waals surface area contributed by atoms with E-state index in [0.29, 0.717) is 11.6 Å². The quantitative estimate of drug-likeness (QED) is 0.625. The lowest BCUT2D eigenvalue weighted by Crippen LogP contribution is -2.01. The number of aliphatic hydroxyl groups is 1. The van der Waals surface area contributed by atoms with Crippen molar-refractivity contribution >= 4 is 11.3 Å². The van der Waals surface area contributed by atoms with E-state index < -0.39 is 0 Å². The number of nitrogens with two attached hydrogens (primary N) is 1. The van der Waals surface area contributed by atoms with E-state index in [-0.39, 0.29) is 6.61 Å². The monoisotopic (exact) mass is 159 g/mol. The molecule has 10 heavy (non-hydrogen) atoms. The zero-order valence-corrected chi connectivity index (χ0v) is 6.27. The van der Waals surface area contributed by atoms with Crippen molar-refractivity contribution < 1.29 is 5.11 Å². The van der Waals surface area contributed by atoms with Crippen LogP contribution in [-0.4, -0.2) is 21.8 Å². The van der Waals surface area contributed by atoms with Gasteiger partial charge in [0.2, 0.25) is 0 Å². The van der Waals surface area contributed by atoms with Gasteiger partial charge in [-0.25, -0.2) is 0 Å². The van der Waals surface area contributed by atoms with Crippen molar-refractivity contribution in [2.24, 2.45) is 5.73 Å². The summed E-state index contributed by atoms with van der Waals surface area (Å²) in [7, 11) is 0. The number of nitrogens with zero attached hydrogens (tertiary/aromatic N) is 2. The zero-order valence-electron chi connectivity index (χ0n) is 5.45. The van der Waals surface area contributed by atoms with Crippen molar-refractivity contribution in [1.29, 1.82) is 0 Å². The molecule has 0 saturated heterocycles. The molecule has 0 spiro atoms. The average Bonchev–Trinajstić information content (AvgIpc) is 2.37. The third kappa shape index (κ3) is 1.73. The van der Waals surface area contributed by atoms with Crippen molar-refractivity contribution in [3.05, 3.63) is 10.0 Å². The van der Waals surface area contributed by atoms with Crippen molar-refractivity contribution in [3.63, 3.8) is 0 Å². The van der Waals surface area contributed by atoms with Crippen LogP contribution in [0.2, 0.25) is 0 Å². The second-order valence-corrected chi connectivity index (χ2v) is 2.93. The number of rotatable bonds is 3. The lowest BCUT2D eigenvalue weighted by molar-refractivity contribution is 0.280. The Kier molecular flexibility index (Phi) is 2.73. The molecule has 0 saturated carbocycles. The van der Waals surface area contributed by atoms with E-state index in [1.54, 1.807) is 0 Å². The molecule has 0 unspecified atom stereocenters. The Morgan fingerprint density at radius 2 is 2.10 bits per heavy atom. The van der Waals surface area contributed by atoms with Crippen LogP contribution in [0.25, 0.3) is 0 Å². The Balaban J connectivity index is 2.59. The van der Waals surface area contributed by atoms with Crippen LogP contribution in [0, 0.1) is 0 Å². The molecule has 0 aliphatic rings. The molecular weight excluding hydrogens is 150 g/mol. The minimum Gasteiger partial charge on any atom is -0.389 e. The first-order valence-electron chi connectivity index (χ1n) is 2.99. The fourth-order valence-electron chi connectivity index (χ4n) is 0.577. The molecule has 0 aromatic carbocycles. The largest absolute Gasteiger partial charge is 0.389 e. The number of aliphatic hydroxyl groups excluding tert-OH is 1. The molecule has 4 nitrogen and oxygen atoms in total. The number of aromatic nitrogens is 2. The summed E-state index contributed by atoms with van der Waals surface area (Å²) in [4.78, 5) is 0. The standard InChI is InChI=1S/C5H9N3OS/c6-2-1-4-7-8-5(3-9)10-4/h9H,1-3,6H2. The van der Waals surface area contributed by atoms with Crippen LogP contribution in [0.5, 0.6) is 0 Å². The molecule has 0 fully saturated rings. The summed E-state index contributed by atoms with van der Waals surface area (Å²) in [5, 5.41) is 17.7. The SMILES string of the molecule is NCCc1nnc(CO)s1. The minimum atomic E-state index is -0.0256. The normalized spacial score (nSPS) is 10.2. The van der Waals surface area contributed by atoms with Crippen LogP contribution in [-0.2, 0) is 13.0 Å². The predicted octanol–water partition coefficient (Wildman–Crippen LogP) is -0.468. The lowest BCUT2D eigenvalue weighted by Gasteiger charge is -1.84. The molecule has 1 rings (SSSR count). The Labute approximate surface area is 62.7 Å². The number of hydrogen-bond donors (Lipinski definition) is 2. The van der Waals surface area contributed by atoms with Gasteiger partial charge >= 0.3 is 0 Å². The summed E-state index contributed by atoms with van der Waals surface area (Å²) >= 11 is 1.41. The van der Waals surface area contributed by atoms with Gasteiger partial charge in [-0.05, 0) is 6.54 Å². The number of hydrogen-bond acceptors (Lipinski definition) is 5. The predicted molar refractivity (Wildman–Crippen MR) is 38.6 cm³/mol.